The second kappa shape index (κ2) is 29.3. The van der Waals surface area contributed by atoms with Gasteiger partial charge in [-0.1, -0.05) is 87.3 Å². The van der Waals surface area contributed by atoms with Gasteiger partial charge in [0.2, 0.25) is 29.5 Å². The number of aliphatic hydroxyl groups is 1. The molecule has 2 heterocycles. The van der Waals surface area contributed by atoms with Crippen LogP contribution in [0.5, 0.6) is 5.75 Å². The average molecular weight is 1040 g/mol. The fraction of sp³-hybridized carbons (Fsp3) is 0.722. The summed E-state index contributed by atoms with van der Waals surface area (Å²) in [5.74, 6) is -8.49. The summed E-state index contributed by atoms with van der Waals surface area (Å²) < 4.78 is 17.2. The maximum Gasteiger partial charge on any atom is 0.329 e. The van der Waals surface area contributed by atoms with Crippen molar-refractivity contribution >= 4 is 53.3 Å². The van der Waals surface area contributed by atoms with Crippen LogP contribution in [-0.4, -0.2) is 162 Å². The number of Topliss-reactive ketones (excluding diaryl/α,β-unsaturated/α-hetero) is 1. The normalized spacial score (nSPS) is 26.2. The van der Waals surface area contributed by atoms with Gasteiger partial charge in [-0.15, -0.1) is 0 Å². The van der Waals surface area contributed by atoms with Crippen LogP contribution in [0.15, 0.2) is 24.3 Å². The molecule has 5 N–H and O–H groups in total. The minimum atomic E-state index is -1.68. The van der Waals surface area contributed by atoms with Crippen molar-refractivity contribution in [2.24, 2.45) is 29.6 Å². The number of unbranched alkanes of at least 4 members (excludes halogenated alkanes) is 1. The molecule has 0 bridgehead atoms. The molecule has 1 aromatic carbocycles. The third kappa shape index (κ3) is 17.4. The summed E-state index contributed by atoms with van der Waals surface area (Å²) in [6, 6.07) is -1.24. The molecular formula is C54H87N7O13. The Balaban J connectivity index is 2.27. The second-order valence-electron chi connectivity index (χ2n) is 21.3. The van der Waals surface area contributed by atoms with Gasteiger partial charge in [0, 0.05) is 33.6 Å². The van der Waals surface area contributed by atoms with Crippen molar-refractivity contribution in [2.45, 2.75) is 189 Å². The Bertz CT molecular complexity index is 2080. The van der Waals surface area contributed by atoms with Gasteiger partial charge in [-0.05, 0) is 87.3 Å². The number of carbonyl (C=O) groups excluding carboxylic acids is 9. The molecular weight excluding hydrogens is 955 g/mol. The van der Waals surface area contributed by atoms with Crippen molar-refractivity contribution < 1.29 is 62.5 Å². The molecule has 0 aromatic heterocycles. The number of nitrogens with one attached hydrogen (secondary N) is 4. The Morgan fingerprint density at radius 3 is 2.12 bits per heavy atom. The number of urea groups is 1. The molecule has 74 heavy (non-hydrogen) atoms. The highest BCUT2D eigenvalue weighted by atomic mass is 16.6. The van der Waals surface area contributed by atoms with E-state index in [0.717, 1.165) is 6.42 Å². The average Bonchev–Trinajstić information content (AvgIpc) is 3.85. The quantitative estimate of drug-likeness (QED) is 0.0895. The summed E-state index contributed by atoms with van der Waals surface area (Å²) in [7, 11) is 4.39. The van der Waals surface area contributed by atoms with Crippen LogP contribution in [0.1, 0.15) is 133 Å². The van der Waals surface area contributed by atoms with Crippen LogP contribution < -0.4 is 26.0 Å². The molecule has 0 saturated carbocycles. The van der Waals surface area contributed by atoms with E-state index in [9.17, 15) is 48.3 Å². The van der Waals surface area contributed by atoms with Gasteiger partial charge in [0.05, 0.1) is 31.6 Å². The van der Waals surface area contributed by atoms with Crippen LogP contribution in [-0.2, 0) is 54.3 Å². The van der Waals surface area contributed by atoms with E-state index in [1.807, 2.05) is 34.6 Å². The van der Waals surface area contributed by atoms with Crippen molar-refractivity contribution in [3.63, 3.8) is 0 Å². The number of likely N-dealkylation sites (N-methyl/N-ethyl adjacent to an activating group) is 2. The van der Waals surface area contributed by atoms with Gasteiger partial charge in [0.1, 0.15) is 42.1 Å². The molecule has 416 valence electrons. The maximum atomic E-state index is 14.8. The van der Waals surface area contributed by atoms with Crippen LogP contribution in [0, 0.1) is 29.6 Å². The van der Waals surface area contributed by atoms with E-state index >= 15 is 0 Å². The number of amides is 7. The molecule has 2 saturated heterocycles. The Morgan fingerprint density at radius 2 is 1.55 bits per heavy atom. The Hall–Kier alpha value is -5.79. The first-order valence-electron chi connectivity index (χ1n) is 26.5. The highest BCUT2D eigenvalue weighted by Gasteiger charge is 2.45. The first-order chi connectivity index (χ1) is 34.8. The predicted molar refractivity (Wildman–Crippen MR) is 277 cm³/mol. The number of benzene rings is 1. The highest BCUT2D eigenvalue weighted by molar-refractivity contribution is 6.05. The van der Waals surface area contributed by atoms with Crippen molar-refractivity contribution in [3.05, 3.63) is 29.8 Å². The Morgan fingerprint density at radius 1 is 0.905 bits per heavy atom. The number of hydrogen-bond acceptors (Lipinski definition) is 13. The lowest BCUT2D eigenvalue weighted by molar-refractivity contribution is -0.163. The molecule has 7 amide bonds. The van der Waals surface area contributed by atoms with Gasteiger partial charge in [-0.3, -0.25) is 33.6 Å². The number of aliphatic hydroxyl groups excluding tert-OH is 1. The molecule has 3 rings (SSSR count). The van der Waals surface area contributed by atoms with E-state index in [1.165, 1.54) is 49.8 Å². The fourth-order valence-electron chi connectivity index (χ4n) is 9.24. The van der Waals surface area contributed by atoms with Gasteiger partial charge in [0.15, 0.2) is 11.9 Å². The third-order valence-corrected chi connectivity index (χ3v) is 14.1. The number of ether oxygens (including phenoxy) is 3. The molecule has 2 fully saturated rings. The second-order valence-corrected chi connectivity index (χ2v) is 21.3. The molecule has 2 aliphatic rings. The Kier molecular flexibility index (Phi) is 24.8. The molecule has 20 heteroatoms. The van der Waals surface area contributed by atoms with Crippen molar-refractivity contribution in [2.75, 3.05) is 34.3 Å². The van der Waals surface area contributed by atoms with Crippen LogP contribution in [0.3, 0.4) is 0 Å². The number of hydrogen-bond donors (Lipinski definition) is 5. The molecule has 2 aliphatic heterocycles. The van der Waals surface area contributed by atoms with E-state index in [4.69, 9.17) is 14.2 Å². The number of rotatable bonds is 16. The van der Waals surface area contributed by atoms with E-state index in [0.29, 0.717) is 37.1 Å². The largest absolute Gasteiger partial charge is 0.497 e. The molecule has 0 aliphatic carbocycles. The van der Waals surface area contributed by atoms with Gasteiger partial charge in [-0.25, -0.2) is 9.59 Å². The zero-order valence-electron chi connectivity index (χ0n) is 46.4. The minimum Gasteiger partial charge on any atom is -0.497 e. The summed E-state index contributed by atoms with van der Waals surface area (Å²) in [5, 5.41) is 22.9. The number of nitrogens with zero attached hydrogens (tertiary/aromatic N) is 3. The summed E-state index contributed by atoms with van der Waals surface area (Å²) in [4.78, 5) is 133. The molecule has 1 aromatic rings. The lowest BCUT2D eigenvalue weighted by Crippen LogP contribution is -2.62. The van der Waals surface area contributed by atoms with E-state index in [2.05, 4.69) is 21.3 Å². The molecule has 0 unspecified atom stereocenters. The van der Waals surface area contributed by atoms with Crippen molar-refractivity contribution in [1.82, 2.24) is 36.0 Å². The molecule has 20 nitrogen and oxygen atoms in total. The van der Waals surface area contributed by atoms with Gasteiger partial charge in [-0.2, -0.15) is 0 Å². The van der Waals surface area contributed by atoms with Gasteiger partial charge >= 0.3 is 18.0 Å². The number of ketones is 1. The summed E-state index contributed by atoms with van der Waals surface area (Å²) in [5.41, 5.74) is 0.600. The van der Waals surface area contributed by atoms with Crippen LogP contribution >= 0.6 is 0 Å². The lowest BCUT2D eigenvalue weighted by Gasteiger charge is -2.36. The van der Waals surface area contributed by atoms with E-state index in [-0.39, 0.29) is 44.1 Å². The molecule has 11 atom stereocenters. The van der Waals surface area contributed by atoms with Gasteiger partial charge in [0.25, 0.3) is 0 Å². The summed E-state index contributed by atoms with van der Waals surface area (Å²) in [6.07, 6.45) is -2.40. The summed E-state index contributed by atoms with van der Waals surface area (Å²) in [6.45, 7) is 19.5. The van der Waals surface area contributed by atoms with Crippen LogP contribution in [0.25, 0.3) is 0 Å². The van der Waals surface area contributed by atoms with Crippen LogP contribution in [0.2, 0.25) is 0 Å². The lowest BCUT2D eigenvalue weighted by atomic mass is 9.91. The first kappa shape index (κ1) is 62.5. The van der Waals surface area contributed by atoms with E-state index < -0.39 is 132 Å². The predicted octanol–water partition coefficient (Wildman–Crippen LogP) is 3.93. The number of esters is 2. The third-order valence-electron chi connectivity index (χ3n) is 14.1. The minimum absolute atomic E-state index is 0.0935. The number of methoxy groups -OCH3 is 1. The van der Waals surface area contributed by atoms with Crippen molar-refractivity contribution in [1.29, 1.82) is 0 Å². The standard InChI is InChI=1S/C54H87N7O13/c1-15-17-24-55-54(71)60(13)40(27-31(5)6)49(66)58-45-35(11)73-53(70)41(28-36-20-22-37(72-14)23-21-36)59(12)52(69)39-19-18-25-61(39)51(68)38(26-30(3)4)56-48(65)34(10)46(64)47(32(7)8)74-43(63)29-42(62)44(33(9)16-2)57-50(45)67/h20-23,30-35,38-42,44-45,47,62H,15-19,24-29H2,1-14H3,(H,55,71)(H,56,65)(H,57,67)(H,58,66)/t33-,34-,35-,38+,39-,40+,41-,42+,44+,45-,47+/m0/s1. The number of cyclic esters (lactones) is 2. The monoisotopic (exact) mass is 1040 g/mol. The Labute approximate surface area is 438 Å². The van der Waals surface area contributed by atoms with Crippen molar-refractivity contribution in [3.8, 4) is 5.75 Å². The zero-order valence-corrected chi connectivity index (χ0v) is 46.4. The number of fused-ring (bicyclic) bond motifs is 1. The highest BCUT2D eigenvalue weighted by Crippen LogP contribution is 2.26. The van der Waals surface area contributed by atoms with Crippen LogP contribution in [0.4, 0.5) is 4.79 Å². The summed E-state index contributed by atoms with van der Waals surface area (Å²) >= 11 is 0. The molecule has 0 radical (unpaired) electrons. The zero-order chi connectivity index (χ0) is 55.7. The smallest absolute Gasteiger partial charge is 0.329 e. The SMILES string of the molecule is CCCCNC(=O)N(C)[C@H](CC(C)C)C(=O)N[C@@H]1C(=O)N[C@H]([C@@H](C)CC)[C@H](O)CC(=O)O[C@H](C(C)C)C(=O)[C@H](C)C(=O)N[C@H](CC(C)C)C(=O)N2CCC[C@H]2C(=O)N(C)[C@@H](Cc2ccc(OC)cc2)C(=O)O[C@H]1C. The molecule has 0 spiro atoms. The first-order valence-corrected chi connectivity index (χ1v) is 26.5. The number of carbonyl (C=O) groups is 9. The fourth-order valence-corrected chi connectivity index (χ4v) is 9.24. The van der Waals surface area contributed by atoms with Gasteiger partial charge < -0.3 is 55.3 Å². The topological polar surface area (TPSA) is 259 Å². The maximum absolute atomic E-state index is 14.8. The van der Waals surface area contributed by atoms with E-state index in [1.54, 1.807) is 52.0 Å².